The number of fused-ring (bicyclic) bond motifs is 1. The zero-order valence-electron chi connectivity index (χ0n) is 12.5. The third-order valence-electron chi connectivity index (χ3n) is 4.18. The van der Waals surface area contributed by atoms with Crippen LogP contribution < -0.4 is 5.73 Å². The first-order valence-electron chi connectivity index (χ1n) is 7.50. The number of thiazole rings is 1. The van der Waals surface area contributed by atoms with Crippen molar-refractivity contribution < 1.29 is 9.13 Å². The molecule has 4 rings (SSSR count). The minimum absolute atomic E-state index is 0.0666. The monoisotopic (exact) mass is 333 g/mol. The van der Waals surface area contributed by atoms with Crippen molar-refractivity contribution in [3.63, 3.8) is 0 Å². The summed E-state index contributed by atoms with van der Waals surface area (Å²) in [6, 6.07) is 1.87. The molecule has 3 aromatic heterocycles. The second-order valence-corrected chi connectivity index (χ2v) is 6.46. The van der Waals surface area contributed by atoms with Crippen LogP contribution in [0.2, 0.25) is 0 Å². The zero-order chi connectivity index (χ0) is 16.0. The van der Waals surface area contributed by atoms with E-state index in [0.717, 1.165) is 17.0 Å². The second-order valence-electron chi connectivity index (χ2n) is 5.56. The van der Waals surface area contributed by atoms with Crippen LogP contribution in [0.4, 0.5) is 10.2 Å². The normalized spacial score (nSPS) is 24.5. The van der Waals surface area contributed by atoms with Gasteiger partial charge in [-0.05, 0) is 12.5 Å². The SMILES string of the molecule is CC[C@@H]1C[C@H](F)[C@H](c2cc(-c3nccs3)c3c(N)ncnn23)O1. The van der Waals surface area contributed by atoms with Gasteiger partial charge in [-0.3, -0.25) is 0 Å². The number of ether oxygens (including phenoxy) is 1. The lowest BCUT2D eigenvalue weighted by Gasteiger charge is -2.13. The van der Waals surface area contributed by atoms with Crippen molar-refractivity contribution in [3.8, 4) is 10.6 Å². The van der Waals surface area contributed by atoms with Gasteiger partial charge in [0.15, 0.2) is 5.82 Å². The summed E-state index contributed by atoms with van der Waals surface area (Å²) in [5, 5.41) is 6.94. The summed E-state index contributed by atoms with van der Waals surface area (Å²) in [5.74, 6) is 0.344. The molecule has 3 aromatic rings. The number of alkyl halides is 1. The first-order valence-corrected chi connectivity index (χ1v) is 8.38. The molecule has 0 unspecified atom stereocenters. The number of hydrogen-bond donors (Lipinski definition) is 1. The van der Waals surface area contributed by atoms with Crippen molar-refractivity contribution in [1.82, 2.24) is 19.6 Å². The van der Waals surface area contributed by atoms with Gasteiger partial charge in [0, 0.05) is 23.6 Å². The van der Waals surface area contributed by atoms with Crippen molar-refractivity contribution in [2.24, 2.45) is 0 Å². The van der Waals surface area contributed by atoms with E-state index in [9.17, 15) is 4.39 Å². The Morgan fingerprint density at radius 3 is 3.04 bits per heavy atom. The number of nitrogens with zero attached hydrogens (tertiary/aromatic N) is 4. The van der Waals surface area contributed by atoms with Gasteiger partial charge in [-0.1, -0.05) is 6.92 Å². The Labute approximate surface area is 136 Å². The fourth-order valence-electron chi connectivity index (χ4n) is 3.06. The quantitative estimate of drug-likeness (QED) is 0.797. The van der Waals surface area contributed by atoms with Crippen LogP contribution in [-0.2, 0) is 4.74 Å². The van der Waals surface area contributed by atoms with Crippen molar-refractivity contribution >= 4 is 22.7 Å². The molecule has 120 valence electrons. The van der Waals surface area contributed by atoms with Crippen LogP contribution in [0.25, 0.3) is 16.1 Å². The molecule has 0 radical (unpaired) electrons. The van der Waals surface area contributed by atoms with E-state index < -0.39 is 12.3 Å². The molecule has 8 heteroatoms. The summed E-state index contributed by atoms with van der Waals surface area (Å²) in [4.78, 5) is 8.38. The second kappa shape index (κ2) is 5.54. The van der Waals surface area contributed by atoms with Gasteiger partial charge in [0.25, 0.3) is 0 Å². The van der Waals surface area contributed by atoms with Crippen molar-refractivity contribution in [2.45, 2.75) is 38.1 Å². The van der Waals surface area contributed by atoms with E-state index in [0.29, 0.717) is 23.4 Å². The minimum atomic E-state index is -1.06. The van der Waals surface area contributed by atoms with E-state index in [2.05, 4.69) is 15.1 Å². The van der Waals surface area contributed by atoms with E-state index in [1.807, 2.05) is 18.4 Å². The summed E-state index contributed by atoms with van der Waals surface area (Å²) in [6.07, 6.45) is 2.52. The average molecular weight is 333 g/mol. The molecular formula is C15H16FN5OS. The van der Waals surface area contributed by atoms with Crippen LogP contribution in [0.5, 0.6) is 0 Å². The summed E-state index contributed by atoms with van der Waals surface area (Å²) in [6.45, 7) is 2.00. The van der Waals surface area contributed by atoms with Crippen molar-refractivity contribution in [3.05, 3.63) is 29.7 Å². The van der Waals surface area contributed by atoms with Gasteiger partial charge in [-0.15, -0.1) is 11.3 Å². The third kappa shape index (κ3) is 2.29. The van der Waals surface area contributed by atoms with Gasteiger partial charge >= 0.3 is 0 Å². The highest BCUT2D eigenvalue weighted by atomic mass is 32.1. The van der Waals surface area contributed by atoms with Gasteiger partial charge in [0.1, 0.15) is 29.1 Å². The number of halogens is 1. The predicted octanol–water partition coefficient (Wildman–Crippen LogP) is 3.01. The molecule has 1 saturated heterocycles. The summed E-state index contributed by atoms with van der Waals surface area (Å²) in [5.41, 5.74) is 8.14. The molecule has 0 saturated carbocycles. The van der Waals surface area contributed by atoms with Crippen LogP contribution in [0, 0.1) is 0 Å². The highest BCUT2D eigenvalue weighted by molar-refractivity contribution is 7.13. The number of aromatic nitrogens is 4. The van der Waals surface area contributed by atoms with Gasteiger partial charge < -0.3 is 10.5 Å². The average Bonchev–Trinajstić information content (AvgIpc) is 3.25. The van der Waals surface area contributed by atoms with Crippen LogP contribution in [-0.4, -0.2) is 31.9 Å². The van der Waals surface area contributed by atoms with E-state index >= 15 is 0 Å². The lowest BCUT2D eigenvalue weighted by atomic mass is 10.1. The Bertz CT molecular complexity index is 834. The number of nitrogens with two attached hydrogens (primary N) is 1. The molecule has 1 fully saturated rings. The Hall–Kier alpha value is -2.06. The summed E-state index contributed by atoms with van der Waals surface area (Å²) < 4.78 is 22.0. The van der Waals surface area contributed by atoms with Crippen LogP contribution in [0.1, 0.15) is 31.6 Å². The molecule has 1 aliphatic heterocycles. The van der Waals surface area contributed by atoms with Gasteiger partial charge in [-0.2, -0.15) is 5.10 Å². The largest absolute Gasteiger partial charge is 0.382 e. The molecule has 0 spiro atoms. The Kier molecular flexibility index (Phi) is 3.50. The molecule has 23 heavy (non-hydrogen) atoms. The van der Waals surface area contributed by atoms with E-state index in [1.54, 1.807) is 10.7 Å². The highest BCUT2D eigenvalue weighted by Crippen LogP contribution is 2.40. The van der Waals surface area contributed by atoms with E-state index in [-0.39, 0.29) is 6.10 Å². The molecular weight excluding hydrogens is 317 g/mol. The summed E-state index contributed by atoms with van der Waals surface area (Å²) >= 11 is 1.49. The molecule has 6 nitrogen and oxygen atoms in total. The molecule has 0 aliphatic carbocycles. The van der Waals surface area contributed by atoms with E-state index in [1.165, 1.54) is 17.7 Å². The first kappa shape index (κ1) is 14.5. The fourth-order valence-corrected chi connectivity index (χ4v) is 3.71. The first-order chi connectivity index (χ1) is 11.2. The minimum Gasteiger partial charge on any atom is -0.382 e. The van der Waals surface area contributed by atoms with Gasteiger partial charge in [-0.25, -0.2) is 18.9 Å². The number of hydrogen-bond acceptors (Lipinski definition) is 6. The molecule has 0 aromatic carbocycles. The Balaban J connectivity index is 1.90. The fraction of sp³-hybridized carbons (Fsp3) is 0.400. The van der Waals surface area contributed by atoms with Gasteiger partial charge in [0.05, 0.1) is 11.8 Å². The molecule has 3 atom stereocenters. The number of rotatable bonds is 3. The van der Waals surface area contributed by atoms with Crippen molar-refractivity contribution in [2.75, 3.05) is 5.73 Å². The number of anilines is 1. The maximum atomic E-state index is 14.5. The topological polar surface area (TPSA) is 78.3 Å². The van der Waals surface area contributed by atoms with Crippen LogP contribution >= 0.6 is 11.3 Å². The van der Waals surface area contributed by atoms with Crippen LogP contribution in [0.15, 0.2) is 24.0 Å². The highest BCUT2D eigenvalue weighted by Gasteiger charge is 2.38. The van der Waals surface area contributed by atoms with Crippen LogP contribution in [0.3, 0.4) is 0 Å². The molecule has 2 N–H and O–H groups in total. The zero-order valence-corrected chi connectivity index (χ0v) is 13.3. The third-order valence-corrected chi connectivity index (χ3v) is 4.98. The number of nitrogen functional groups attached to an aromatic ring is 1. The summed E-state index contributed by atoms with van der Waals surface area (Å²) in [7, 11) is 0. The van der Waals surface area contributed by atoms with Gasteiger partial charge in [0.2, 0.25) is 0 Å². The maximum absolute atomic E-state index is 14.5. The lowest BCUT2D eigenvalue weighted by molar-refractivity contribution is 0.0228. The van der Waals surface area contributed by atoms with Crippen molar-refractivity contribution in [1.29, 1.82) is 0 Å². The Morgan fingerprint density at radius 1 is 1.48 bits per heavy atom. The Morgan fingerprint density at radius 2 is 2.35 bits per heavy atom. The molecule has 4 heterocycles. The lowest BCUT2D eigenvalue weighted by Crippen LogP contribution is -2.12. The molecule has 0 bridgehead atoms. The maximum Gasteiger partial charge on any atom is 0.152 e. The molecule has 0 amide bonds. The smallest absolute Gasteiger partial charge is 0.152 e. The predicted molar refractivity (Wildman–Crippen MR) is 85.9 cm³/mol. The molecule has 1 aliphatic rings. The van der Waals surface area contributed by atoms with E-state index in [4.69, 9.17) is 10.5 Å². The standard InChI is InChI=1S/C15H16FN5OS/c1-2-8-5-10(16)13(22-8)11-6-9(15-18-3-4-23-15)12-14(17)19-7-20-21(11)12/h3-4,6-8,10,13H,2,5H2,1H3,(H2,17,19,20)/t8-,10+,13-/m1/s1.